The van der Waals surface area contributed by atoms with E-state index in [9.17, 15) is 14.0 Å². The lowest BCUT2D eigenvalue weighted by Crippen LogP contribution is -2.33. The van der Waals surface area contributed by atoms with Gasteiger partial charge in [-0.2, -0.15) is 0 Å². The highest BCUT2D eigenvalue weighted by atomic mass is 32.2. The number of amides is 2. The Morgan fingerprint density at radius 3 is 2.57 bits per heavy atom. The Morgan fingerprint density at radius 2 is 1.93 bits per heavy atom. The largest absolute Gasteiger partial charge is 0.326 e. The Morgan fingerprint density at radius 1 is 1.21 bits per heavy atom. The normalized spacial score (nSPS) is 18.0. The lowest BCUT2D eigenvalue weighted by Gasteiger charge is -2.13. The van der Waals surface area contributed by atoms with Crippen LogP contribution in [-0.2, 0) is 9.59 Å². The SMILES string of the molecule is CCN1C(=O)[C@H](CC(=O)Nc2ccc(C)cc2C)SC1=Nc1ccc(F)cc1. The van der Waals surface area contributed by atoms with Crippen molar-refractivity contribution < 1.29 is 14.0 Å². The molecule has 2 aromatic carbocycles. The Kier molecular flexibility index (Phi) is 6.14. The molecule has 7 heteroatoms. The van der Waals surface area contributed by atoms with Crippen molar-refractivity contribution in [3.05, 3.63) is 59.4 Å². The van der Waals surface area contributed by atoms with Crippen LogP contribution in [0.15, 0.2) is 47.5 Å². The minimum atomic E-state index is -0.523. The summed E-state index contributed by atoms with van der Waals surface area (Å²) in [5.74, 6) is -0.687. The third-order valence-electron chi connectivity index (χ3n) is 4.41. The van der Waals surface area contributed by atoms with Crippen LogP contribution in [0.5, 0.6) is 0 Å². The maximum Gasteiger partial charge on any atom is 0.242 e. The molecule has 1 N–H and O–H groups in total. The number of rotatable bonds is 5. The average Bonchev–Trinajstić information content (AvgIpc) is 2.94. The van der Waals surface area contributed by atoms with Crippen molar-refractivity contribution in [2.75, 3.05) is 11.9 Å². The molecule has 146 valence electrons. The van der Waals surface area contributed by atoms with Crippen LogP contribution in [0.2, 0.25) is 0 Å². The summed E-state index contributed by atoms with van der Waals surface area (Å²) in [6.07, 6.45) is 0.0652. The fourth-order valence-electron chi connectivity index (χ4n) is 2.97. The van der Waals surface area contributed by atoms with Gasteiger partial charge < -0.3 is 5.32 Å². The van der Waals surface area contributed by atoms with Crippen molar-refractivity contribution in [2.45, 2.75) is 32.4 Å². The van der Waals surface area contributed by atoms with Gasteiger partial charge in [-0.3, -0.25) is 14.5 Å². The molecule has 0 bridgehead atoms. The van der Waals surface area contributed by atoms with Crippen molar-refractivity contribution >= 4 is 40.1 Å². The Bertz CT molecular complexity index is 928. The van der Waals surface area contributed by atoms with Crippen molar-refractivity contribution in [1.29, 1.82) is 0 Å². The number of hydrogen-bond donors (Lipinski definition) is 1. The van der Waals surface area contributed by atoms with E-state index in [2.05, 4.69) is 10.3 Å². The van der Waals surface area contributed by atoms with Gasteiger partial charge >= 0.3 is 0 Å². The molecule has 1 saturated heterocycles. The topological polar surface area (TPSA) is 61.8 Å². The summed E-state index contributed by atoms with van der Waals surface area (Å²) in [5, 5.41) is 2.89. The summed E-state index contributed by atoms with van der Waals surface area (Å²) in [5.41, 5.74) is 3.42. The van der Waals surface area contributed by atoms with Gasteiger partial charge in [0.15, 0.2) is 5.17 Å². The number of nitrogens with zero attached hydrogens (tertiary/aromatic N) is 2. The number of anilines is 1. The Labute approximate surface area is 168 Å². The number of carbonyl (C=O) groups excluding carboxylic acids is 2. The third-order valence-corrected chi connectivity index (χ3v) is 5.59. The Hall–Kier alpha value is -2.67. The number of nitrogens with one attached hydrogen (secondary N) is 1. The number of hydrogen-bond acceptors (Lipinski definition) is 4. The molecular weight excluding hydrogens is 377 g/mol. The predicted octanol–water partition coefficient (Wildman–Crippen LogP) is 4.42. The van der Waals surface area contributed by atoms with Gasteiger partial charge in [0, 0.05) is 18.7 Å². The molecule has 1 aliphatic rings. The van der Waals surface area contributed by atoms with Gasteiger partial charge in [-0.15, -0.1) is 0 Å². The molecule has 1 aliphatic heterocycles. The zero-order valence-electron chi connectivity index (χ0n) is 16.0. The molecule has 28 heavy (non-hydrogen) atoms. The first-order chi connectivity index (χ1) is 13.4. The van der Waals surface area contributed by atoms with E-state index in [0.29, 0.717) is 17.4 Å². The van der Waals surface area contributed by atoms with Crippen LogP contribution >= 0.6 is 11.8 Å². The fourth-order valence-corrected chi connectivity index (χ4v) is 4.19. The van der Waals surface area contributed by atoms with Crippen LogP contribution in [0.3, 0.4) is 0 Å². The van der Waals surface area contributed by atoms with Crippen LogP contribution in [0.25, 0.3) is 0 Å². The zero-order chi connectivity index (χ0) is 20.3. The summed E-state index contributed by atoms with van der Waals surface area (Å²) >= 11 is 1.27. The third kappa shape index (κ3) is 4.59. The summed E-state index contributed by atoms with van der Waals surface area (Å²) in [7, 11) is 0. The van der Waals surface area contributed by atoms with E-state index >= 15 is 0 Å². The van der Waals surface area contributed by atoms with Gasteiger partial charge in [-0.25, -0.2) is 9.38 Å². The number of thioether (sulfide) groups is 1. The zero-order valence-corrected chi connectivity index (χ0v) is 16.8. The molecule has 0 spiro atoms. The summed E-state index contributed by atoms with van der Waals surface area (Å²) in [6.45, 7) is 6.25. The molecule has 0 radical (unpaired) electrons. The van der Waals surface area contributed by atoms with Gasteiger partial charge in [0.25, 0.3) is 0 Å². The summed E-state index contributed by atoms with van der Waals surface area (Å²) in [6, 6.07) is 11.6. The minimum absolute atomic E-state index is 0.0652. The molecule has 0 aliphatic carbocycles. The molecule has 1 fully saturated rings. The van der Waals surface area contributed by atoms with E-state index < -0.39 is 5.25 Å². The van der Waals surface area contributed by atoms with Gasteiger partial charge in [0.05, 0.1) is 5.69 Å². The lowest BCUT2D eigenvalue weighted by molar-refractivity contribution is -0.128. The van der Waals surface area contributed by atoms with Crippen LogP contribution in [-0.4, -0.2) is 33.7 Å². The molecule has 1 atom stereocenters. The standard InChI is InChI=1S/C21H22FN3O2S/c1-4-25-20(27)18(28-21(25)23-16-8-6-15(22)7-9-16)12-19(26)24-17-10-5-13(2)11-14(17)3/h5-11,18H,4,12H2,1-3H3,(H,24,26)/t18-/m0/s1. The van der Waals surface area contributed by atoms with Crippen LogP contribution in [0.4, 0.5) is 15.8 Å². The maximum absolute atomic E-state index is 13.1. The van der Waals surface area contributed by atoms with Gasteiger partial charge in [0.2, 0.25) is 11.8 Å². The van der Waals surface area contributed by atoms with Gasteiger partial charge in [0.1, 0.15) is 11.1 Å². The highest BCUT2D eigenvalue weighted by Gasteiger charge is 2.38. The lowest BCUT2D eigenvalue weighted by atomic mass is 10.1. The molecule has 0 aromatic heterocycles. The molecule has 0 saturated carbocycles. The van der Waals surface area contributed by atoms with Gasteiger partial charge in [-0.05, 0) is 56.7 Å². The maximum atomic E-state index is 13.1. The van der Waals surface area contributed by atoms with E-state index in [4.69, 9.17) is 0 Å². The average molecular weight is 399 g/mol. The molecule has 2 aromatic rings. The number of halogens is 1. The fraction of sp³-hybridized carbons (Fsp3) is 0.286. The highest BCUT2D eigenvalue weighted by Crippen LogP contribution is 2.32. The molecule has 2 amide bonds. The number of aryl methyl sites for hydroxylation is 2. The van der Waals surface area contributed by atoms with Crippen LogP contribution < -0.4 is 5.32 Å². The van der Waals surface area contributed by atoms with Gasteiger partial charge in [-0.1, -0.05) is 29.5 Å². The molecule has 3 rings (SSSR count). The number of carbonyl (C=O) groups is 2. The van der Waals surface area contributed by atoms with Crippen molar-refractivity contribution in [2.24, 2.45) is 4.99 Å². The molecular formula is C21H22FN3O2S. The number of benzene rings is 2. The number of amidine groups is 1. The summed E-state index contributed by atoms with van der Waals surface area (Å²) in [4.78, 5) is 31.2. The first-order valence-electron chi connectivity index (χ1n) is 9.06. The van der Waals surface area contributed by atoms with E-state index in [1.165, 1.54) is 23.9 Å². The second kappa shape index (κ2) is 8.56. The first-order valence-corrected chi connectivity index (χ1v) is 9.94. The van der Waals surface area contributed by atoms with Crippen LogP contribution in [0, 0.1) is 19.7 Å². The van der Waals surface area contributed by atoms with E-state index in [1.54, 1.807) is 17.0 Å². The van der Waals surface area contributed by atoms with Crippen molar-refractivity contribution in [1.82, 2.24) is 4.90 Å². The van der Waals surface area contributed by atoms with Crippen molar-refractivity contribution in [3.8, 4) is 0 Å². The quantitative estimate of drug-likeness (QED) is 0.809. The van der Waals surface area contributed by atoms with E-state index in [0.717, 1.165) is 16.8 Å². The molecule has 5 nitrogen and oxygen atoms in total. The van der Waals surface area contributed by atoms with Crippen LogP contribution in [0.1, 0.15) is 24.5 Å². The molecule has 0 unspecified atom stereocenters. The monoisotopic (exact) mass is 399 g/mol. The second-order valence-corrected chi connectivity index (χ2v) is 7.80. The molecule has 1 heterocycles. The summed E-state index contributed by atoms with van der Waals surface area (Å²) < 4.78 is 13.1. The second-order valence-electron chi connectivity index (χ2n) is 6.63. The predicted molar refractivity (Wildman–Crippen MR) is 111 cm³/mol. The van der Waals surface area contributed by atoms with E-state index in [1.807, 2.05) is 39.0 Å². The van der Waals surface area contributed by atoms with Crippen molar-refractivity contribution in [3.63, 3.8) is 0 Å². The minimum Gasteiger partial charge on any atom is -0.326 e. The van der Waals surface area contributed by atoms with E-state index in [-0.39, 0.29) is 24.1 Å². The highest BCUT2D eigenvalue weighted by molar-refractivity contribution is 8.15. The number of aliphatic imine (C=N–C) groups is 1. The Balaban J connectivity index is 1.71. The first kappa shape index (κ1) is 20.1. The smallest absolute Gasteiger partial charge is 0.242 e.